The van der Waals surface area contributed by atoms with E-state index in [2.05, 4.69) is 33.9 Å². The quantitative estimate of drug-likeness (QED) is 0.810. The zero-order chi connectivity index (χ0) is 19.9. The Kier molecular flexibility index (Phi) is 4.95. The maximum absolute atomic E-state index is 13.5. The summed E-state index contributed by atoms with van der Waals surface area (Å²) in [6.07, 6.45) is 5.57. The van der Waals surface area contributed by atoms with Gasteiger partial charge in [-0.1, -0.05) is 12.1 Å². The Labute approximate surface area is 166 Å². The first-order valence-electron chi connectivity index (χ1n) is 10.1. The first-order chi connectivity index (χ1) is 13.4. The Morgan fingerprint density at radius 2 is 2.00 bits per heavy atom. The Hall–Kier alpha value is -2.28. The fourth-order valence-electron chi connectivity index (χ4n) is 4.47. The molecule has 7 heteroatoms. The number of rotatable bonds is 3. The molecule has 2 aliphatic heterocycles. The van der Waals surface area contributed by atoms with Gasteiger partial charge in [0.15, 0.2) is 5.82 Å². The number of carbonyl (C=O) groups is 1. The van der Waals surface area contributed by atoms with E-state index in [-0.39, 0.29) is 17.4 Å². The van der Waals surface area contributed by atoms with E-state index in [9.17, 15) is 4.79 Å². The average molecular weight is 383 g/mol. The van der Waals surface area contributed by atoms with Crippen molar-refractivity contribution in [2.75, 3.05) is 26.7 Å². The molecular formula is C21H29N5O2. The first kappa shape index (κ1) is 19.1. The van der Waals surface area contributed by atoms with Crippen molar-refractivity contribution in [3.63, 3.8) is 0 Å². The third kappa shape index (κ3) is 3.32. The van der Waals surface area contributed by atoms with Crippen LogP contribution in [0.1, 0.15) is 55.8 Å². The Balaban J connectivity index is 1.60. The van der Waals surface area contributed by atoms with Crippen molar-refractivity contribution in [2.24, 2.45) is 5.41 Å². The van der Waals surface area contributed by atoms with Crippen molar-refractivity contribution in [3.8, 4) is 11.4 Å². The maximum atomic E-state index is 13.5. The van der Waals surface area contributed by atoms with E-state index in [1.807, 2.05) is 19.9 Å². The summed E-state index contributed by atoms with van der Waals surface area (Å²) >= 11 is 0. The molecule has 0 saturated carbocycles. The molecule has 2 aromatic heterocycles. The number of aromatic nitrogens is 3. The summed E-state index contributed by atoms with van der Waals surface area (Å²) in [5, 5.41) is 4.02. The monoisotopic (exact) mass is 383 g/mol. The Bertz CT molecular complexity index is 850. The van der Waals surface area contributed by atoms with Crippen LogP contribution in [0.15, 0.2) is 16.8 Å². The molecule has 2 saturated heterocycles. The summed E-state index contributed by atoms with van der Waals surface area (Å²) in [6, 6.07) is 1.96. The lowest BCUT2D eigenvalue weighted by Gasteiger charge is -2.40. The number of likely N-dealkylation sites (tertiary alicyclic amines) is 2. The molecule has 150 valence electrons. The van der Waals surface area contributed by atoms with Gasteiger partial charge < -0.3 is 14.3 Å². The molecule has 2 fully saturated rings. The summed E-state index contributed by atoms with van der Waals surface area (Å²) in [7, 11) is 2.12. The number of amides is 1. The molecule has 4 heterocycles. The highest BCUT2D eigenvalue weighted by atomic mass is 16.5. The zero-order valence-corrected chi connectivity index (χ0v) is 17.2. The predicted molar refractivity (Wildman–Crippen MR) is 106 cm³/mol. The standard InChI is InChI=1S/C21H29N5O2/c1-14-18(15(2)28-24-14)19-22-10-7-16(23-19)17-6-5-11-26(17)20(27)21(3)8-12-25(4)13-9-21/h7,10,17H,5-6,8-9,11-13H2,1-4H3. The molecular weight excluding hydrogens is 354 g/mol. The topological polar surface area (TPSA) is 75.4 Å². The van der Waals surface area contributed by atoms with Crippen LogP contribution in [-0.2, 0) is 4.79 Å². The zero-order valence-electron chi connectivity index (χ0n) is 17.2. The van der Waals surface area contributed by atoms with E-state index in [0.717, 1.165) is 62.3 Å². The summed E-state index contributed by atoms with van der Waals surface area (Å²) in [5.74, 6) is 1.62. The highest BCUT2D eigenvalue weighted by molar-refractivity contribution is 5.83. The van der Waals surface area contributed by atoms with Crippen molar-refractivity contribution >= 4 is 5.91 Å². The van der Waals surface area contributed by atoms with Gasteiger partial charge in [0, 0.05) is 18.2 Å². The molecule has 0 radical (unpaired) electrons. The van der Waals surface area contributed by atoms with Gasteiger partial charge in [-0.15, -0.1) is 0 Å². The van der Waals surface area contributed by atoms with Gasteiger partial charge in [-0.3, -0.25) is 4.79 Å². The lowest BCUT2D eigenvalue weighted by atomic mass is 9.79. The van der Waals surface area contributed by atoms with E-state index in [4.69, 9.17) is 9.51 Å². The first-order valence-corrected chi connectivity index (χ1v) is 10.1. The summed E-state index contributed by atoms with van der Waals surface area (Å²) in [5.41, 5.74) is 2.27. The van der Waals surface area contributed by atoms with E-state index >= 15 is 0 Å². The molecule has 2 aromatic rings. The number of carbonyl (C=O) groups excluding carboxylic acids is 1. The van der Waals surface area contributed by atoms with Crippen LogP contribution in [0.2, 0.25) is 0 Å². The smallest absolute Gasteiger partial charge is 0.229 e. The van der Waals surface area contributed by atoms with Crippen LogP contribution < -0.4 is 0 Å². The van der Waals surface area contributed by atoms with Crippen molar-refractivity contribution in [2.45, 2.75) is 52.5 Å². The second-order valence-electron chi connectivity index (χ2n) is 8.52. The van der Waals surface area contributed by atoms with Crippen LogP contribution >= 0.6 is 0 Å². The lowest BCUT2D eigenvalue weighted by molar-refractivity contribution is -0.145. The second kappa shape index (κ2) is 7.28. The van der Waals surface area contributed by atoms with Crippen LogP contribution in [0.5, 0.6) is 0 Å². The second-order valence-corrected chi connectivity index (χ2v) is 8.52. The highest BCUT2D eigenvalue weighted by Crippen LogP contribution is 2.39. The number of nitrogens with zero attached hydrogens (tertiary/aromatic N) is 5. The van der Waals surface area contributed by atoms with E-state index < -0.39 is 0 Å². The van der Waals surface area contributed by atoms with Gasteiger partial charge in [-0.05, 0) is 65.7 Å². The fourth-order valence-corrected chi connectivity index (χ4v) is 4.47. The van der Waals surface area contributed by atoms with Crippen molar-refractivity contribution in [1.82, 2.24) is 24.9 Å². The SMILES string of the molecule is Cc1noc(C)c1-c1nccc(C2CCCN2C(=O)C2(C)CCN(C)CC2)n1. The molecule has 1 atom stereocenters. The number of piperidine rings is 1. The van der Waals surface area contributed by atoms with Gasteiger partial charge in [-0.2, -0.15) is 0 Å². The molecule has 0 spiro atoms. The predicted octanol–water partition coefficient (Wildman–Crippen LogP) is 3.14. The third-order valence-corrected chi connectivity index (χ3v) is 6.40. The van der Waals surface area contributed by atoms with Crippen molar-refractivity contribution < 1.29 is 9.32 Å². The van der Waals surface area contributed by atoms with Crippen molar-refractivity contribution in [1.29, 1.82) is 0 Å². The molecule has 1 amide bonds. The van der Waals surface area contributed by atoms with Gasteiger partial charge in [-0.25, -0.2) is 9.97 Å². The molecule has 2 aliphatic rings. The molecule has 0 aliphatic carbocycles. The number of hydrogen-bond acceptors (Lipinski definition) is 6. The van der Waals surface area contributed by atoms with Gasteiger partial charge in [0.05, 0.1) is 23.0 Å². The van der Waals surface area contributed by atoms with Gasteiger partial charge in [0.2, 0.25) is 5.91 Å². The van der Waals surface area contributed by atoms with E-state index in [1.165, 1.54) is 0 Å². The van der Waals surface area contributed by atoms with E-state index in [1.54, 1.807) is 6.20 Å². The third-order valence-electron chi connectivity index (χ3n) is 6.40. The van der Waals surface area contributed by atoms with Gasteiger partial charge >= 0.3 is 0 Å². The van der Waals surface area contributed by atoms with Crippen LogP contribution in [0.25, 0.3) is 11.4 Å². The molecule has 0 bridgehead atoms. The molecule has 1 unspecified atom stereocenters. The minimum absolute atomic E-state index is 0.0196. The fraction of sp³-hybridized carbons (Fsp3) is 0.619. The Morgan fingerprint density at radius 3 is 2.68 bits per heavy atom. The number of aryl methyl sites for hydroxylation is 2. The normalized spacial score (nSPS) is 22.6. The van der Waals surface area contributed by atoms with Gasteiger partial charge in [0.1, 0.15) is 5.76 Å². The van der Waals surface area contributed by atoms with Crippen molar-refractivity contribution in [3.05, 3.63) is 29.4 Å². The van der Waals surface area contributed by atoms with Crippen LogP contribution in [0, 0.1) is 19.3 Å². The highest BCUT2D eigenvalue weighted by Gasteiger charge is 2.43. The summed E-state index contributed by atoms with van der Waals surface area (Å²) < 4.78 is 5.28. The van der Waals surface area contributed by atoms with Crippen LogP contribution in [-0.4, -0.2) is 57.5 Å². The molecule has 0 N–H and O–H groups in total. The molecule has 0 aromatic carbocycles. The summed E-state index contributed by atoms with van der Waals surface area (Å²) in [4.78, 5) is 27.1. The average Bonchev–Trinajstić information content (AvgIpc) is 3.30. The Morgan fingerprint density at radius 1 is 1.25 bits per heavy atom. The van der Waals surface area contributed by atoms with E-state index in [0.29, 0.717) is 11.6 Å². The van der Waals surface area contributed by atoms with Crippen LogP contribution in [0.4, 0.5) is 0 Å². The van der Waals surface area contributed by atoms with Gasteiger partial charge in [0.25, 0.3) is 0 Å². The minimum Gasteiger partial charge on any atom is -0.361 e. The van der Waals surface area contributed by atoms with Crippen LogP contribution in [0.3, 0.4) is 0 Å². The molecule has 7 nitrogen and oxygen atoms in total. The summed E-state index contributed by atoms with van der Waals surface area (Å²) in [6.45, 7) is 8.66. The maximum Gasteiger partial charge on any atom is 0.229 e. The minimum atomic E-state index is -0.271. The molecule has 4 rings (SSSR count). The lowest BCUT2D eigenvalue weighted by Crippen LogP contribution is -2.47. The largest absolute Gasteiger partial charge is 0.361 e. The molecule has 28 heavy (non-hydrogen) atoms. The number of hydrogen-bond donors (Lipinski definition) is 0.